The monoisotopic (exact) mass is 515 g/mol. The first-order valence-electron chi connectivity index (χ1n) is 11.1. The molecular formula is C26H26ClNO6S. The number of hydrogen-bond donors (Lipinski definition) is 0. The zero-order valence-electron chi connectivity index (χ0n) is 19.4. The highest BCUT2D eigenvalue weighted by Crippen LogP contribution is 2.34. The van der Waals surface area contributed by atoms with Gasteiger partial charge in [0.25, 0.3) is 5.91 Å². The van der Waals surface area contributed by atoms with E-state index in [-0.39, 0.29) is 28.8 Å². The lowest BCUT2D eigenvalue weighted by Crippen LogP contribution is -2.32. The number of ether oxygens (including phenoxy) is 2. The van der Waals surface area contributed by atoms with Gasteiger partial charge in [0.2, 0.25) is 0 Å². The molecular weight excluding hydrogens is 490 g/mol. The molecule has 35 heavy (non-hydrogen) atoms. The Kier molecular flexibility index (Phi) is 7.52. The van der Waals surface area contributed by atoms with Gasteiger partial charge in [-0.25, -0.2) is 0 Å². The fourth-order valence-corrected chi connectivity index (χ4v) is 4.80. The Morgan fingerprint density at radius 2 is 1.69 bits per heavy atom. The van der Waals surface area contributed by atoms with Gasteiger partial charge in [0.15, 0.2) is 11.5 Å². The molecule has 1 saturated carbocycles. The second kappa shape index (κ2) is 10.6. The zero-order chi connectivity index (χ0) is 25.0. The van der Waals surface area contributed by atoms with Crippen molar-refractivity contribution in [1.82, 2.24) is 4.90 Å². The van der Waals surface area contributed by atoms with E-state index in [9.17, 15) is 13.2 Å². The second-order valence-electron chi connectivity index (χ2n) is 8.31. The van der Waals surface area contributed by atoms with Crippen LogP contribution in [0.5, 0.6) is 17.2 Å². The van der Waals surface area contributed by atoms with Crippen molar-refractivity contribution in [3.05, 3.63) is 82.9 Å². The summed E-state index contributed by atoms with van der Waals surface area (Å²) in [5, 5.41) is 0.391. The molecule has 3 aromatic carbocycles. The number of rotatable bonds is 10. The molecule has 1 fully saturated rings. The molecule has 1 amide bonds. The van der Waals surface area contributed by atoms with Crippen LogP contribution in [0.2, 0.25) is 5.02 Å². The van der Waals surface area contributed by atoms with Gasteiger partial charge in [-0.3, -0.25) is 4.79 Å². The molecule has 0 aromatic heterocycles. The Hall–Kier alpha value is -3.23. The maximum atomic E-state index is 13.3. The quantitative estimate of drug-likeness (QED) is 0.346. The van der Waals surface area contributed by atoms with Crippen molar-refractivity contribution in [2.75, 3.05) is 20.8 Å². The Bertz CT molecular complexity index is 1310. The van der Waals surface area contributed by atoms with Crippen LogP contribution in [-0.4, -0.2) is 40.0 Å². The molecule has 0 N–H and O–H groups in total. The summed E-state index contributed by atoms with van der Waals surface area (Å²) in [7, 11) is -1.19. The highest BCUT2D eigenvalue weighted by Gasteiger charge is 2.28. The van der Waals surface area contributed by atoms with Gasteiger partial charge in [-0.05, 0) is 72.9 Å². The zero-order valence-corrected chi connectivity index (χ0v) is 21.0. The summed E-state index contributed by atoms with van der Waals surface area (Å²) in [6, 6.07) is 17.8. The normalized spacial score (nSPS) is 13.2. The lowest BCUT2D eigenvalue weighted by atomic mass is 10.1. The average molecular weight is 516 g/mol. The molecule has 3 aromatic rings. The molecule has 1 aliphatic carbocycles. The summed E-state index contributed by atoms with van der Waals surface area (Å²) >= 11 is 6.27. The van der Waals surface area contributed by atoms with Crippen LogP contribution in [0.4, 0.5) is 0 Å². The van der Waals surface area contributed by atoms with Crippen LogP contribution in [-0.2, 0) is 16.7 Å². The first-order chi connectivity index (χ1) is 16.8. The third-order valence-corrected chi connectivity index (χ3v) is 7.29. The summed E-state index contributed by atoms with van der Waals surface area (Å²) in [6.45, 7) is 0.861. The summed E-state index contributed by atoms with van der Waals surface area (Å²) in [5.41, 5.74) is 1.13. The largest absolute Gasteiger partial charge is 0.497 e. The number of benzene rings is 3. The summed E-state index contributed by atoms with van der Waals surface area (Å²) in [6.07, 6.45) is 2.15. The number of halogens is 1. The summed E-state index contributed by atoms with van der Waals surface area (Å²) in [4.78, 5) is 15.0. The van der Waals surface area contributed by atoms with E-state index < -0.39 is 10.1 Å². The van der Waals surface area contributed by atoms with Crippen LogP contribution in [0.15, 0.2) is 71.6 Å². The Morgan fingerprint density at radius 1 is 0.971 bits per heavy atom. The first-order valence-corrected chi connectivity index (χ1v) is 12.9. The van der Waals surface area contributed by atoms with Gasteiger partial charge < -0.3 is 18.6 Å². The van der Waals surface area contributed by atoms with Crippen LogP contribution < -0.4 is 13.7 Å². The van der Waals surface area contributed by atoms with Crippen molar-refractivity contribution in [3.8, 4) is 17.2 Å². The van der Waals surface area contributed by atoms with E-state index in [0.29, 0.717) is 34.4 Å². The van der Waals surface area contributed by atoms with Crippen molar-refractivity contribution < 1.29 is 26.9 Å². The average Bonchev–Trinajstić information content (AvgIpc) is 3.68. The molecule has 0 spiro atoms. The molecule has 0 bridgehead atoms. The third-order valence-electron chi connectivity index (χ3n) is 5.72. The van der Waals surface area contributed by atoms with Crippen molar-refractivity contribution in [2.45, 2.75) is 24.3 Å². The predicted octanol–water partition coefficient (Wildman–Crippen LogP) is 5.18. The van der Waals surface area contributed by atoms with E-state index in [4.69, 9.17) is 25.3 Å². The summed E-state index contributed by atoms with van der Waals surface area (Å²) < 4.78 is 41.6. The van der Waals surface area contributed by atoms with Gasteiger partial charge in [0, 0.05) is 13.1 Å². The first kappa shape index (κ1) is 24.9. The van der Waals surface area contributed by atoms with Crippen LogP contribution in [0.25, 0.3) is 0 Å². The molecule has 4 rings (SSSR count). The highest BCUT2D eigenvalue weighted by atomic mass is 35.5. The maximum absolute atomic E-state index is 13.3. The van der Waals surface area contributed by atoms with Gasteiger partial charge in [-0.1, -0.05) is 29.8 Å². The number of nitrogens with zero attached hydrogens (tertiary/aromatic N) is 1. The predicted molar refractivity (Wildman–Crippen MR) is 133 cm³/mol. The number of hydrogen-bond acceptors (Lipinski definition) is 6. The molecule has 184 valence electrons. The van der Waals surface area contributed by atoms with E-state index >= 15 is 0 Å². The second-order valence-corrected chi connectivity index (χ2v) is 10.3. The summed E-state index contributed by atoms with van der Waals surface area (Å²) in [5.74, 6) is 1.11. The number of amides is 1. The standard InChI is InChI=1S/C26H26ClNO6S/c1-32-20-10-12-21(13-11-20)35(30,31)34-25-15-19(9-14-24(25)33-2)17-28(16-18-7-8-18)26(29)22-5-3-4-6-23(22)27/h3-6,9-15,18H,7-8,16-17H2,1-2H3. The molecule has 1 aliphatic rings. The molecule has 7 nitrogen and oxygen atoms in total. The van der Waals surface area contributed by atoms with E-state index in [1.807, 2.05) is 0 Å². The minimum atomic E-state index is -4.12. The van der Waals surface area contributed by atoms with E-state index in [1.54, 1.807) is 59.5 Å². The fourth-order valence-electron chi connectivity index (χ4n) is 3.65. The molecule has 0 heterocycles. The molecule has 0 atom stereocenters. The molecule has 0 radical (unpaired) electrons. The Labute approximate surface area is 210 Å². The highest BCUT2D eigenvalue weighted by molar-refractivity contribution is 7.87. The lowest BCUT2D eigenvalue weighted by molar-refractivity contribution is 0.0735. The molecule has 0 saturated heterocycles. The third kappa shape index (κ3) is 6.07. The van der Waals surface area contributed by atoms with Gasteiger partial charge in [-0.15, -0.1) is 0 Å². The van der Waals surface area contributed by atoms with Crippen molar-refractivity contribution >= 4 is 27.6 Å². The van der Waals surface area contributed by atoms with Crippen molar-refractivity contribution in [3.63, 3.8) is 0 Å². The van der Waals surface area contributed by atoms with Crippen molar-refractivity contribution in [2.24, 2.45) is 5.92 Å². The van der Waals surface area contributed by atoms with E-state index in [1.165, 1.54) is 26.4 Å². The molecule has 9 heteroatoms. The van der Waals surface area contributed by atoms with Crippen LogP contribution >= 0.6 is 11.6 Å². The van der Waals surface area contributed by atoms with Gasteiger partial charge in [0.1, 0.15) is 10.6 Å². The minimum Gasteiger partial charge on any atom is -0.497 e. The van der Waals surface area contributed by atoms with Gasteiger partial charge in [-0.2, -0.15) is 8.42 Å². The van der Waals surface area contributed by atoms with Crippen LogP contribution in [0.3, 0.4) is 0 Å². The SMILES string of the molecule is COc1ccc(S(=O)(=O)Oc2cc(CN(CC3CC3)C(=O)c3ccccc3Cl)ccc2OC)cc1. The Morgan fingerprint density at radius 3 is 2.31 bits per heavy atom. The van der Waals surface area contributed by atoms with Crippen LogP contribution in [0.1, 0.15) is 28.8 Å². The lowest BCUT2D eigenvalue weighted by Gasteiger charge is -2.24. The number of methoxy groups -OCH3 is 2. The molecule has 0 unspecified atom stereocenters. The minimum absolute atomic E-state index is 0.0185. The smallest absolute Gasteiger partial charge is 0.339 e. The van der Waals surface area contributed by atoms with Gasteiger partial charge >= 0.3 is 10.1 Å². The number of carbonyl (C=O) groups is 1. The maximum Gasteiger partial charge on any atom is 0.339 e. The van der Waals surface area contributed by atoms with Crippen molar-refractivity contribution in [1.29, 1.82) is 0 Å². The van der Waals surface area contributed by atoms with E-state index in [2.05, 4.69) is 0 Å². The Balaban J connectivity index is 1.60. The fraction of sp³-hybridized carbons (Fsp3) is 0.269. The van der Waals surface area contributed by atoms with E-state index in [0.717, 1.165) is 12.8 Å². The topological polar surface area (TPSA) is 82.1 Å². The number of carbonyl (C=O) groups excluding carboxylic acids is 1. The van der Waals surface area contributed by atoms with Crippen LogP contribution in [0, 0.1) is 5.92 Å². The van der Waals surface area contributed by atoms with Gasteiger partial charge in [0.05, 0.1) is 24.8 Å². The molecule has 0 aliphatic heterocycles.